The van der Waals surface area contributed by atoms with Gasteiger partial charge in [0.15, 0.2) is 0 Å². The lowest BCUT2D eigenvalue weighted by Gasteiger charge is -2.16. The van der Waals surface area contributed by atoms with Crippen molar-refractivity contribution < 1.29 is 9.53 Å². The van der Waals surface area contributed by atoms with Gasteiger partial charge >= 0.3 is 0 Å². The molecule has 0 bridgehead atoms. The third kappa shape index (κ3) is 2.36. The maximum Gasteiger partial charge on any atom is 0.250 e. The summed E-state index contributed by atoms with van der Waals surface area (Å²) in [7, 11) is 1.62. The maximum atomic E-state index is 11.8. The number of anilines is 1. The van der Waals surface area contributed by atoms with E-state index >= 15 is 0 Å². The lowest BCUT2D eigenvalue weighted by atomic mass is 9.93. The number of nitrogens with zero attached hydrogens (tertiary/aromatic N) is 1. The molecule has 0 aliphatic heterocycles. The van der Waals surface area contributed by atoms with E-state index in [1.54, 1.807) is 19.4 Å². The predicted octanol–water partition coefficient (Wildman–Crippen LogP) is 2.90. The number of benzene rings is 2. The Morgan fingerprint density at radius 1 is 1.22 bits per heavy atom. The van der Waals surface area contributed by atoms with Gasteiger partial charge < -0.3 is 16.2 Å². The van der Waals surface area contributed by atoms with E-state index in [1.807, 2.05) is 37.3 Å². The molecule has 1 aromatic heterocycles. The summed E-state index contributed by atoms with van der Waals surface area (Å²) in [5, 5.41) is 0.813. The summed E-state index contributed by atoms with van der Waals surface area (Å²) >= 11 is 0. The molecule has 1 heterocycles. The first-order chi connectivity index (χ1) is 11.0. The first kappa shape index (κ1) is 14.8. The van der Waals surface area contributed by atoms with Crippen LogP contribution in [-0.2, 0) is 0 Å². The number of nitrogen functional groups attached to an aromatic ring is 1. The van der Waals surface area contributed by atoms with Gasteiger partial charge in [0.1, 0.15) is 5.75 Å². The lowest BCUT2D eigenvalue weighted by molar-refractivity contribution is 0.100. The van der Waals surface area contributed by atoms with Gasteiger partial charge in [-0.15, -0.1) is 0 Å². The standard InChI is InChI=1S/C18H17N3O2/c1-10-12(6-3-7-14(10)23-2)15-16(19)13(18(20)22)9-11-5-4-8-21-17(11)15/h3-9H,19H2,1-2H3,(H2,20,22). The lowest BCUT2D eigenvalue weighted by Crippen LogP contribution is -2.14. The van der Waals surface area contributed by atoms with E-state index in [9.17, 15) is 4.79 Å². The number of ether oxygens (including phenoxy) is 1. The minimum atomic E-state index is -0.560. The van der Waals surface area contributed by atoms with Crippen LogP contribution >= 0.6 is 0 Å². The van der Waals surface area contributed by atoms with Crippen molar-refractivity contribution in [2.75, 3.05) is 12.8 Å². The van der Waals surface area contributed by atoms with Crippen molar-refractivity contribution in [3.63, 3.8) is 0 Å². The first-order valence-electron chi connectivity index (χ1n) is 7.15. The van der Waals surface area contributed by atoms with E-state index in [4.69, 9.17) is 16.2 Å². The number of pyridine rings is 1. The van der Waals surface area contributed by atoms with Crippen molar-refractivity contribution in [1.29, 1.82) is 0 Å². The SMILES string of the molecule is COc1cccc(-c2c(N)c(C(N)=O)cc3cccnc23)c1C. The molecule has 2 aromatic carbocycles. The molecule has 0 aliphatic rings. The van der Waals surface area contributed by atoms with Gasteiger partial charge in [-0.3, -0.25) is 9.78 Å². The van der Waals surface area contributed by atoms with E-state index in [0.717, 1.165) is 27.8 Å². The molecule has 116 valence electrons. The van der Waals surface area contributed by atoms with Crippen LogP contribution in [0, 0.1) is 6.92 Å². The Bertz CT molecular complexity index is 920. The van der Waals surface area contributed by atoms with E-state index in [0.29, 0.717) is 16.8 Å². The number of hydrogen-bond donors (Lipinski definition) is 2. The molecule has 5 heteroatoms. The van der Waals surface area contributed by atoms with E-state index in [-0.39, 0.29) is 0 Å². The number of aromatic nitrogens is 1. The number of methoxy groups -OCH3 is 1. The molecule has 1 amide bonds. The van der Waals surface area contributed by atoms with Crippen molar-refractivity contribution in [2.24, 2.45) is 5.73 Å². The maximum absolute atomic E-state index is 11.8. The molecule has 0 saturated heterocycles. The monoisotopic (exact) mass is 307 g/mol. The Morgan fingerprint density at radius 2 is 2.00 bits per heavy atom. The number of carbonyl (C=O) groups excluding carboxylic acids is 1. The molecule has 0 radical (unpaired) electrons. The Labute approximate surface area is 133 Å². The van der Waals surface area contributed by atoms with Crippen molar-refractivity contribution in [3.8, 4) is 16.9 Å². The zero-order chi connectivity index (χ0) is 16.6. The van der Waals surface area contributed by atoms with Crippen LogP contribution in [-0.4, -0.2) is 18.0 Å². The Hall–Kier alpha value is -3.08. The third-order valence-corrected chi connectivity index (χ3v) is 3.97. The van der Waals surface area contributed by atoms with Gasteiger partial charge in [0.25, 0.3) is 5.91 Å². The van der Waals surface area contributed by atoms with Gasteiger partial charge in [0.05, 0.1) is 23.9 Å². The minimum Gasteiger partial charge on any atom is -0.496 e. The van der Waals surface area contributed by atoms with Crippen LogP contribution in [0.1, 0.15) is 15.9 Å². The molecule has 0 unspecified atom stereocenters. The fourth-order valence-electron chi connectivity index (χ4n) is 2.82. The molecule has 0 aliphatic carbocycles. The Kier molecular flexibility index (Phi) is 3.62. The van der Waals surface area contributed by atoms with E-state index in [2.05, 4.69) is 4.98 Å². The number of carbonyl (C=O) groups is 1. The van der Waals surface area contributed by atoms with Gasteiger partial charge in [-0.25, -0.2) is 0 Å². The molecule has 0 spiro atoms. The van der Waals surface area contributed by atoms with Crippen LogP contribution in [0.25, 0.3) is 22.0 Å². The number of rotatable bonds is 3. The van der Waals surface area contributed by atoms with Gasteiger partial charge in [-0.2, -0.15) is 0 Å². The summed E-state index contributed by atoms with van der Waals surface area (Å²) in [4.78, 5) is 16.2. The zero-order valence-corrected chi connectivity index (χ0v) is 13.0. The number of fused-ring (bicyclic) bond motifs is 1. The topological polar surface area (TPSA) is 91.2 Å². The highest BCUT2D eigenvalue weighted by atomic mass is 16.5. The summed E-state index contributed by atoms with van der Waals surface area (Å²) in [6, 6.07) is 11.1. The van der Waals surface area contributed by atoms with E-state index in [1.165, 1.54) is 0 Å². The molecular weight excluding hydrogens is 290 g/mol. The van der Waals surface area contributed by atoms with Crippen molar-refractivity contribution in [1.82, 2.24) is 4.98 Å². The summed E-state index contributed by atoms with van der Waals surface area (Å²) in [6.45, 7) is 1.94. The van der Waals surface area contributed by atoms with Crippen LogP contribution in [0.15, 0.2) is 42.6 Å². The highest BCUT2D eigenvalue weighted by Crippen LogP contribution is 2.39. The molecule has 3 aromatic rings. The summed E-state index contributed by atoms with van der Waals surface area (Å²) < 4.78 is 5.38. The quantitative estimate of drug-likeness (QED) is 0.728. The fourth-order valence-corrected chi connectivity index (χ4v) is 2.82. The fraction of sp³-hybridized carbons (Fsp3) is 0.111. The molecule has 3 rings (SSSR count). The molecule has 0 atom stereocenters. The van der Waals surface area contributed by atoms with Crippen molar-refractivity contribution in [2.45, 2.75) is 6.92 Å². The second kappa shape index (κ2) is 5.61. The van der Waals surface area contributed by atoms with Crippen LogP contribution < -0.4 is 16.2 Å². The van der Waals surface area contributed by atoms with E-state index < -0.39 is 5.91 Å². The minimum absolute atomic E-state index is 0.294. The summed E-state index contributed by atoms with van der Waals surface area (Å²) in [5.74, 6) is 0.186. The molecule has 23 heavy (non-hydrogen) atoms. The van der Waals surface area contributed by atoms with Crippen LogP contribution in [0.4, 0.5) is 5.69 Å². The molecular formula is C18H17N3O2. The Balaban J connectivity index is 2.45. The van der Waals surface area contributed by atoms with Gasteiger partial charge in [0, 0.05) is 17.1 Å². The summed E-state index contributed by atoms with van der Waals surface area (Å²) in [6.07, 6.45) is 1.70. The number of hydrogen-bond acceptors (Lipinski definition) is 4. The normalized spacial score (nSPS) is 10.7. The molecule has 0 saturated carbocycles. The average Bonchev–Trinajstić information content (AvgIpc) is 2.55. The van der Waals surface area contributed by atoms with Crippen LogP contribution in [0.2, 0.25) is 0 Å². The second-order valence-corrected chi connectivity index (χ2v) is 5.29. The highest BCUT2D eigenvalue weighted by Gasteiger charge is 2.19. The number of nitrogens with two attached hydrogens (primary N) is 2. The van der Waals surface area contributed by atoms with Gasteiger partial charge in [-0.1, -0.05) is 18.2 Å². The third-order valence-electron chi connectivity index (χ3n) is 3.97. The van der Waals surface area contributed by atoms with Gasteiger partial charge in [-0.05, 0) is 36.2 Å². The average molecular weight is 307 g/mol. The highest BCUT2D eigenvalue weighted by molar-refractivity contribution is 6.10. The van der Waals surface area contributed by atoms with Crippen molar-refractivity contribution >= 4 is 22.5 Å². The number of primary amides is 1. The van der Waals surface area contributed by atoms with Crippen molar-refractivity contribution in [3.05, 3.63) is 53.7 Å². The molecule has 5 nitrogen and oxygen atoms in total. The number of amides is 1. The second-order valence-electron chi connectivity index (χ2n) is 5.29. The molecule has 4 N–H and O–H groups in total. The predicted molar refractivity (Wildman–Crippen MR) is 91.4 cm³/mol. The largest absolute Gasteiger partial charge is 0.496 e. The molecule has 0 fully saturated rings. The van der Waals surface area contributed by atoms with Crippen LogP contribution in [0.5, 0.6) is 5.75 Å². The van der Waals surface area contributed by atoms with Crippen LogP contribution in [0.3, 0.4) is 0 Å². The smallest absolute Gasteiger partial charge is 0.250 e. The van der Waals surface area contributed by atoms with Gasteiger partial charge in [0.2, 0.25) is 0 Å². The zero-order valence-electron chi connectivity index (χ0n) is 13.0. The Morgan fingerprint density at radius 3 is 2.70 bits per heavy atom. The first-order valence-corrected chi connectivity index (χ1v) is 7.15. The summed E-state index contributed by atoms with van der Waals surface area (Å²) in [5.41, 5.74) is 15.6.